The third-order valence-electron chi connectivity index (χ3n) is 13.0. The van der Waals surface area contributed by atoms with Gasteiger partial charge in [-0.2, -0.15) is 0 Å². The van der Waals surface area contributed by atoms with E-state index in [-0.39, 0.29) is 34.0 Å². The Morgan fingerprint density at radius 1 is 1.00 bits per heavy atom. The van der Waals surface area contributed by atoms with Crippen molar-refractivity contribution in [2.75, 3.05) is 0 Å². The van der Waals surface area contributed by atoms with Gasteiger partial charge in [-0.3, -0.25) is 4.79 Å². The summed E-state index contributed by atoms with van der Waals surface area (Å²) in [5.74, 6) is -0.234. The minimum atomic E-state index is -1.05. The van der Waals surface area contributed by atoms with Gasteiger partial charge in [0.05, 0.1) is 23.2 Å². The van der Waals surface area contributed by atoms with E-state index in [1.54, 1.807) is 0 Å². The molecule has 0 spiro atoms. The molecule has 4 N–H and O–H groups in total. The molecule has 192 valence electrons. The Morgan fingerprint density at radius 3 is 2.32 bits per heavy atom. The first-order valence-corrected chi connectivity index (χ1v) is 13.7. The topological polar surface area (TPSA) is 98.0 Å². The molecule has 5 nitrogen and oxygen atoms in total. The average Bonchev–Trinajstić information content (AvgIpc) is 2.75. The number of rotatable bonds is 1. The fourth-order valence-electron chi connectivity index (χ4n) is 10.6. The monoisotopic (exact) mass is 474 g/mol. The molecule has 0 aromatic carbocycles. The number of aliphatic hydroxyl groups excluding tert-OH is 2. The van der Waals surface area contributed by atoms with E-state index in [1.165, 1.54) is 5.57 Å². The Labute approximate surface area is 205 Å². The van der Waals surface area contributed by atoms with Gasteiger partial charge in [0.1, 0.15) is 0 Å². The highest BCUT2D eigenvalue weighted by molar-refractivity contribution is 5.77. The van der Waals surface area contributed by atoms with Crippen LogP contribution in [0.15, 0.2) is 11.6 Å². The van der Waals surface area contributed by atoms with Crippen LogP contribution in [0.3, 0.4) is 0 Å². The van der Waals surface area contributed by atoms with Gasteiger partial charge in [0.15, 0.2) is 0 Å². The van der Waals surface area contributed by atoms with Crippen molar-refractivity contribution >= 4 is 5.97 Å². The lowest BCUT2D eigenvalue weighted by Crippen LogP contribution is -2.67. The number of carboxylic acid groups (broad SMARTS) is 1. The summed E-state index contributed by atoms with van der Waals surface area (Å²) in [5.41, 5.74) is -1.02. The van der Waals surface area contributed by atoms with E-state index in [2.05, 4.69) is 40.7 Å². The zero-order chi connectivity index (χ0) is 25.1. The summed E-state index contributed by atoms with van der Waals surface area (Å²) in [7, 11) is 0. The fourth-order valence-corrected chi connectivity index (χ4v) is 10.6. The van der Waals surface area contributed by atoms with Crippen molar-refractivity contribution in [3.05, 3.63) is 11.6 Å². The molecule has 5 aliphatic rings. The predicted octanol–water partition coefficient (Wildman–Crippen LogP) is 4.79. The van der Waals surface area contributed by atoms with Crippen LogP contribution in [-0.4, -0.2) is 44.2 Å². The number of fused-ring (bicyclic) bond motifs is 7. The molecule has 0 radical (unpaired) electrons. The van der Waals surface area contributed by atoms with Crippen LogP contribution in [0, 0.1) is 51.2 Å². The third-order valence-corrected chi connectivity index (χ3v) is 13.0. The maximum atomic E-state index is 12.8. The molecule has 0 aromatic heterocycles. The molecule has 0 heterocycles. The number of aliphatic hydroxyl groups is 3. The summed E-state index contributed by atoms with van der Waals surface area (Å²) < 4.78 is 0. The smallest absolute Gasteiger partial charge is 0.310 e. The zero-order valence-electron chi connectivity index (χ0n) is 22.0. The van der Waals surface area contributed by atoms with Gasteiger partial charge in [-0.05, 0) is 98.2 Å². The van der Waals surface area contributed by atoms with Crippen LogP contribution < -0.4 is 0 Å². The number of hydrogen-bond acceptors (Lipinski definition) is 4. The minimum Gasteiger partial charge on any atom is -0.481 e. The highest BCUT2D eigenvalue weighted by Gasteiger charge is 2.71. The molecule has 5 heteroatoms. The second-order valence-corrected chi connectivity index (χ2v) is 14.0. The lowest BCUT2D eigenvalue weighted by molar-refractivity contribution is -0.218. The van der Waals surface area contributed by atoms with Crippen molar-refractivity contribution in [1.29, 1.82) is 0 Å². The number of allylic oxidation sites excluding steroid dienone is 1. The molecule has 2 unspecified atom stereocenters. The van der Waals surface area contributed by atoms with Gasteiger partial charge >= 0.3 is 5.97 Å². The number of aliphatic carboxylic acids is 1. The van der Waals surface area contributed by atoms with Crippen molar-refractivity contribution in [2.45, 2.75) is 111 Å². The zero-order valence-corrected chi connectivity index (χ0v) is 22.0. The number of carbonyl (C=O) groups is 1. The molecule has 0 bridgehead atoms. The van der Waals surface area contributed by atoms with Gasteiger partial charge in [0, 0.05) is 5.92 Å². The highest BCUT2D eigenvalue weighted by atomic mass is 16.4. The maximum Gasteiger partial charge on any atom is 0.310 e. The summed E-state index contributed by atoms with van der Waals surface area (Å²) >= 11 is 0. The molecule has 0 saturated heterocycles. The Kier molecular flexibility index (Phi) is 5.33. The van der Waals surface area contributed by atoms with Crippen molar-refractivity contribution in [3.63, 3.8) is 0 Å². The van der Waals surface area contributed by atoms with E-state index in [1.807, 2.05) is 6.92 Å². The van der Waals surface area contributed by atoms with Gasteiger partial charge in [-0.25, -0.2) is 0 Å². The van der Waals surface area contributed by atoms with Crippen molar-refractivity contribution in [2.24, 2.45) is 51.2 Å². The van der Waals surface area contributed by atoms with Gasteiger partial charge < -0.3 is 20.4 Å². The van der Waals surface area contributed by atoms with Gasteiger partial charge in [-0.15, -0.1) is 0 Å². The molecule has 4 fully saturated rings. The molecule has 0 aliphatic heterocycles. The molecule has 5 aliphatic carbocycles. The molecular formula is C29H46O5. The van der Waals surface area contributed by atoms with Crippen LogP contribution in [-0.2, 0) is 4.79 Å². The van der Waals surface area contributed by atoms with Crippen LogP contribution in [0.5, 0.6) is 0 Å². The lowest BCUT2D eigenvalue weighted by atomic mass is 9.34. The van der Waals surface area contributed by atoms with Gasteiger partial charge in [0.25, 0.3) is 0 Å². The van der Waals surface area contributed by atoms with Crippen LogP contribution in [0.2, 0.25) is 0 Å². The average molecular weight is 475 g/mol. The van der Waals surface area contributed by atoms with Crippen LogP contribution in [0.4, 0.5) is 0 Å². The summed E-state index contributed by atoms with van der Waals surface area (Å²) in [6.45, 7) is 13.2. The molecular weight excluding hydrogens is 428 g/mol. The minimum absolute atomic E-state index is 0.0362. The van der Waals surface area contributed by atoms with Gasteiger partial charge in [0.2, 0.25) is 0 Å². The summed E-state index contributed by atoms with van der Waals surface area (Å²) in [6, 6.07) is 0. The first-order valence-electron chi connectivity index (χ1n) is 13.7. The highest BCUT2D eigenvalue weighted by Crippen LogP contribution is 2.75. The SMILES string of the molecule is C[C@@H]1CC[C@]2(C(=O)O)CC[C@]3(C)C(=CCC4[C@@]5(C)C[C@@H](O)[C@H](O)[C@@H](C)C5CC[C@]43C)[C@@H]2[C@]1(C)O. The van der Waals surface area contributed by atoms with Crippen LogP contribution in [0.25, 0.3) is 0 Å². The molecule has 0 amide bonds. The molecule has 12 atom stereocenters. The van der Waals surface area contributed by atoms with Crippen molar-refractivity contribution in [3.8, 4) is 0 Å². The van der Waals surface area contributed by atoms with E-state index in [0.29, 0.717) is 31.1 Å². The summed E-state index contributed by atoms with van der Waals surface area (Å²) in [5, 5.41) is 43.8. The third kappa shape index (κ3) is 2.75. The van der Waals surface area contributed by atoms with E-state index >= 15 is 0 Å². The predicted molar refractivity (Wildman–Crippen MR) is 131 cm³/mol. The van der Waals surface area contributed by atoms with E-state index in [9.17, 15) is 25.2 Å². The Hall–Kier alpha value is -0.910. The van der Waals surface area contributed by atoms with E-state index < -0.39 is 29.2 Å². The summed E-state index contributed by atoms with van der Waals surface area (Å²) in [6.07, 6.45) is 7.38. The van der Waals surface area contributed by atoms with Gasteiger partial charge in [-0.1, -0.05) is 46.3 Å². The molecule has 5 rings (SSSR count). The van der Waals surface area contributed by atoms with Crippen LogP contribution >= 0.6 is 0 Å². The first-order chi connectivity index (χ1) is 15.7. The number of carboxylic acids is 1. The second-order valence-electron chi connectivity index (χ2n) is 14.0. The first kappa shape index (κ1) is 24.8. The van der Waals surface area contributed by atoms with E-state index in [4.69, 9.17) is 0 Å². The molecule has 0 aromatic rings. The fraction of sp³-hybridized carbons (Fsp3) is 0.897. The number of hydrogen-bond donors (Lipinski definition) is 4. The Bertz CT molecular complexity index is 910. The van der Waals surface area contributed by atoms with Crippen molar-refractivity contribution in [1.82, 2.24) is 0 Å². The standard InChI is InChI=1S/C29H46O5/c1-16-9-12-29(24(32)33)14-13-26(4)19(23(29)28(16,6)34)7-8-21-25(3)15-20(30)22(31)17(2)18(25)10-11-27(21,26)5/h7,16-18,20-23,30-31,34H,8-15H2,1-6H3,(H,32,33)/t16-,17+,18?,20-,21?,22-,23-,25+,26-,27-,28-,29+/m1/s1. The normalized spacial score (nSPS) is 59.1. The quantitative estimate of drug-likeness (QED) is 0.410. The van der Waals surface area contributed by atoms with Crippen LogP contribution in [0.1, 0.15) is 92.9 Å². The lowest BCUT2D eigenvalue weighted by Gasteiger charge is -2.71. The maximum absolute atomic E-state index is 12.8. The largest absolute Gasteiger partial charge is 0.481 e. The van der Waals surface area contributed by atoms with Crippen molar-refractivity contribution < 1.29 is 25.2 Å². The second kappa shape index (κ2) is 7.32. The Balaban J connectivity index is 1.64. The molecule has 4 saturated carbocycles. The molecule has 34 heavy (non-hydrogen) atoms. The van der Waals surface area contributed by atoms with E-state index in [0.717, 1.165) is 32.1 Å². The summed E-state index contributed by atoms with van der Waals surface area (Å²) in [4.78, 5) is 12.8. The Morgan fingerprint density at radius 2 is 1.68 bits per heavy atom.